The zero-order valence-corrected chi connectivity index (χ0v) is 14.0. The molecule has 0 saturated carbocycles. The second-order valence-corrected chi connectivity index (χ2v) is 6.81. The molecule has 0 spiro atoms. The number of hydrogen-bond acceptors (Lipinski definition) is 5. The smallest absolute Gasteiger partial charge is 0.336 e. The Kier molecular flexibility index (Phi) is 4.69. The molecule has 0 bridgehead atoms. The van der Waals surface area contributed by atoms with Gasteiger partial charge in [-0.15, -0.1) is 0 Å². The van der Waals surface area contributed by atoms with Crippen LogP contribution in [0.1, 0.15) is 18.4 Å². The van der Waals surface area contributed by atoms with Gasteiger partial charge < -0.3 is 14.1 Å². The number of rotatable bonds is 3. The SMILES string of the molecule is COc1ccc2c(CSC(=S)N3CCCC3)cc(=O)oc2c1. The first-order valence-electron chi connectivity index (χ1n) is 7.20. The molecule has 2 heterocycles. The van der Waals surface area contributed by atoms with Crippen molar-refractivity contribution in [1.82, 2.24) is 4.90 Å². The minimum atomic E-state index is -0.344. The first-order chi connectivity index (χ1) is 10.7. The number of fused-ring (bicyclic) bond motifs is 1. The fourth-order valence-electron chi connectivity index (χ4n) is 2.59. The molecule has 4 nitrogen and oxygen atoms in total. The van der Waals surface area contributed by atoms with E-state index >= 15 is 0 Å². The van der Waals surface area contributed by atoms with Crippen molar-refractivity contribution in [2.75, 3.05) is 20.2 Å². The van der Waals surface area contributed by atoms with E-state index in [1.54, 1.807) is 31.0 Å². The zero-order chi connectivity index (χ0) is 15.5. The van der Waals surface area contributed by atoms with E-state index in [0.717, 1.165) is 28.4 Å². The third-order valence-electron chi connectivity index (χ3n) is 3.75. The summed E-state index contributed by atoms with van der Waals surface area (Å²) >= 11 is 7.08. The van der Waals surface area contributed by atoms with E-state index in [9.17, 15) is 4.79 Å². The molecule has 0 atom stereocenters. The molecular weight excluding hydrogens is 318 g/mol. The third-order valence-corrected chi connectivity index (χ3v) is 5.33. The summed E-state index contributed by atoms with van der Waals surface area (Å²) in [7, 11) is 1.59. The highest BCUT2D eigenvalue weighted by Crippen LogP contribution is 2.26. The van der Waals surface area contributed by atoms with Crippen LogP contribution in [0.4, 0.5) is 0 Å². The van der Waals surface area contributed by atoms with Crippen LogP contribution in [0.15, 0.2) is 33.5 Å². The molecular formula is C16H17NO3S2. The van der Waals surface area contributed by atoms with Crippen molar-refractivity contribution >= 4 is 39.3 Å². The second kappa shape index (κ2) is 6.71. The van der Waals surface area contributed by atoms with Crippen molar-refractivity contribution in [3.8, 4) is 5.75 Å². The van der Waals surface area contributed by atoms with Crippen molar-refractivity contribution in [2.24, 2.45) is 0 Å². The Morgan fingerprint density at radius 2 is 2.14 bits per heavy atom. The topological polar surface area (TPSA) is 42.7 Å². The van der Waals surface area contributed by atoms with E-state index in [4.69, 9.17) is 21.4 Å². The Hall–Kier alpha value is -1.53. The van der Waals surface area contributed by atoms with Crippen molar-refractivity contribution in [3.63, 3.8) is 0 Å². The Labute approximate surface area is 138 Å². The van der Waals surface area contributed by atoms with E-state index in [1.807, 2.05) is 12.1 Å². The molecule has 0 radical (unpaired) electrons. The summed E-state index contributed by atoms with van der Waals surface area (Å²) in [6.07, 6.45) is 2.41. The van der Waals surface area contributed by atoms with Crippen LogP contribution in [0.3, 0.4) is 0 Å². The average Bonchev–Trinajstić information content (AvgIpc) is 3.05. The summed E-state index contributed by atoms with van der Waals surface area (Å²) in [4.78, 5) is 14.0. The summed E-state index contributed by atoms with van der Waals surface area (Å²) in [5.41, 5.74) is 1.15. The van der Waals surface area contributed by atoms with Gasteiger partial charge in [0.2, 0.25) is 0 Å². The fraction of sp³-hybridized carbons (Fsp3) is 0.375. The minimum Gasteiger partial charge on any atom is -0.497 e. The van der Waals surface area contributed by atoms with Gasteiger partial charge in [-0.05, 0) is 30.5 Å². The first-order valence-corrected chi connectivity index (χ1v) is 8.59. The molecule has 1 fully saturated rings. The highest BCUT2D eigenvalue weighted by Gasteiger charge is 2.16. The fourth-order valence-corrected chi connectivity index (χ4v) is 3.83. The molecule has 2 aromatic rings. The van der Waals surface area contributed by atoms with Crippen molar-refractivity contribution < 1.29 is 9.15 Å². The van der Waals surface area contributed by atoms with Gasteiger partial charge >= 0.3 is 5.63 Å². The largest absolute Gasteiger partial charge is 0.497 e. The van der Waals surface area contributed by atoms with Crippen molar-refractivity contribution in [2.45, 2.75) is 18.6 Å². The molecule has 0 unspecified atom stereocenters. The number of thiocarbonyl (C=S) groups is 1. The van der Waals surface area contributed by atoms with Crippen LogP contribution in [0.5, 0.6) is 5.75 Å². The van der Waals surface area contributed by atoms with E-state index in [2.05, 4.69) is 4.90 Å². The number of likely N-dealkylation sites (tertiary alicyclic amines) is 1. The molecule has 1 saturated heterocycles. The van der Waals surface area contributed by atoms with E-state index in [0.29, 0.717) is 17.1 Å². The Morgan fingerprint density at radius 1 is 1.36 bits per heavy atom. The van der Waals surface area contributed by atoms with Crippen LogP contribution in [-0.2, 0) is 5.75 Å². The van der Waals surface area contributed by atoms with Gasteiger partial charge in [-0.3, -0.25) is 0 Å². The summed E-state index contributed by atoms with van der Waals surface area (Å²) in [6, 6.07) is 7.08. The number of benzene rings is 1. The summed E-state index contributed by atoms with van der Waals surface area (Å²) in [5.74, 6) is 1.34. The summed E-state index contributed by atoms with van der Waals surface area (Å²) in [6.45, 7) is 2.08. The van der Waals surface area contributed by atoms with Gasteiger partial charge in [0, 0.05) is 36.4 Å². The molecule has 1 aromatic heterocycles. The normalized spacial score (nSPS) is 14.5. The highest BCUT2D eigenvalue weighted by atomic mass is 32.2. The number of ether oxygens (including phenoxy) is 1. The zero-order valence-electron chi connectivity index (χ0n) is 12.3. The molecule has 1 aliphatic rings. The maximum absolute atomic E-state index is 11.7. The molecule has 0 amide bonds. The second-order valence-electron chi connectivity index (χ2n) is 5.20. The molecule has 0 aliphatic carbocycles. The monoisotopic (exact) mass is 335 g/mol. The van der Waals surface area contributed by atoms with Crippen LogP contribution in [0.25, 0.3) is 11.0 Å². The predicted molar refractivity (Wildman–Crippen MR) is 93.7 cm³/mol. The van der Waals surface area contributed by atoms with Crippen LogP contribution in [-0.4, -0.2) is 29.4 Å². The molecule has 1 aromatic carbocycles. The van der Waals surface area contributed by atoms with Gasteiger partial charge in [0.05, 0.1) is 7.11 Å². The molecule has 22 heavy (non-hydrogen) atoms. The maximum Gasteiger partial charge on any atom is 0.336 e. The van der Waals surface area contributed by atoms with Crippen molar-refractivity contribution in [1.29, 1.82) is 0 Å². The van der Waals surface area contributed by atoms with E-state index in [-0.39, 0.29) is 5.63 Å². The van der Waals surface area contributed by atoms with Gasteiger partial charge in [-0.1, -0.05) is 24.0 Å². The lowest BCUT2D eigenvalue weighted by Gasteiger charge is -2.17. The summed E-state index contributed by atoms with van der Waals surface area (Å²) < 4.78 is 11.3. The summed E-state index contributed by atoms with van der Waals surface area (Å²) in [5, 5.41) is 0.928. The number of hydrogen-bond donors (Lipinski definition) is 0. The number of methoxy groups -OCH3 is 1. The van der Waals surface area contributed by atoms with Crippen LogP contribution in [0.2, 0.25) is 0 Å². The minimum absolute atomic E-state index is 0.344. The van der Waals surface area contributed by atoms with Crippen LogP contribution >= 0.6 is 24.0 Å². The van der Waals surface area contributed by atoms with Crippen LogP contribution in [0, 0.1) is 0 Å². The van der Waals surface area contributed by atoms with E-state index in [1.165, 1.54) is 12.8 Å². The molecule has 6 heteroatoms. The maximum atomic E-state index is 11.7. The van der Waals surface area contributed by atoms with Gasteiger partial charge in [0.25, 0.3) is 0 Å². The lowest BCUT2D eigenvalue weighted by atomic mass is 10.1. The molecule has 0 N–H and O–H groups in total. The Balaban J connectivity index is 1.83. The highest BCUT2D eigenvalue weighted by molar-refractivity contribution is 8.22. The van der Waals surface area contributed by atoms with Gasteiger partial charge in [-0.2, -0.15) is 0 Å². The lowest BCUT2D eigenvalue weighted by Crippen LogP contribution is -2.23. The van der Waals surface area contributed by atoms with E-state index < -0.39 is 0 Å². The standard InChI is InChI=1S/C16H17NO3S2/c1-19-12-4-5-13-11(8-15(18)20-14(13)9-12)10-22-16(21)17-6-2-3-7-17/h4-5,8-9H,2-3,6-7,10H2,1H3. The molecule has 1 aliphatic heterocycles. The lowest BCUT2D eigenvalue weighted by molar-refractivity contribution is 0.414. The Bertz CT molecular complexity index is 751. The predicted octanol–water partition coefficient (Wildman–Crippen LogP) is 3.42. The molecule has 3 rings (SSSR count). The van der Waals surface area contributed by atoms with Crippen LogP contribution < -0.4 is 10.4 Å². The van der Waals surface area contributed by atoms with Gasteiger partial charge in [0.1, 0.15) is 15.7 Å². The van der Waals surface area contributed by atoms with Crippen molar-refractivity contribution in [3.05, 3.63) is 40.2 Å². The quantitative estimate of drug-likeness (QED) is 0.632. The van der Waals surface area contributed by atoms with Gasteiger partial charge in [0.15, 0.2) is 0 Å². The number of nitrogens with zero attached hydrogens (tertiary/aromatic N) is 1. The molecule has 116 valence electrons. The first kappa shape index (κ1) is 15.4. The third kappa shape index (κ3) is 3.28. The number of thioether (sulfide) groups is 1. The Morgan fingerprint density at radius 3 is 2.86 bits per heavy atom. The average molecular weight is 335 g/mol. The van der Waals surface area contributed by atoms with Gasteiger partial charge in [-0.25, -0.2) is 4.79 Å².